The van der Waals surface area contributed by atoms with Crippen molar-refractivity contribution in [2.75, 3.05) is 0 Å². The molecule has 0 radical (unpaired) electrons. The van der Waals surface area contributed by atoms with Crippen molar-refractivity contribution < 1.29 is 19.7 Å². The first-order chi connectivity index (χ1) is 12.7. The number of fused-ring (bicyclic) bond motifs is 5. The fourth-order valence-electron chi connectivity index (χ4n) is 6.99. The van der Waals surface area contributed by atoms with Gasteiger partial charge in [0.1, 0.15) is 6.10 Å². The summed E-state index contributed by atoms with van der Waals surface area (Å²) in [6.07, 6.45) is 7.20. The van der Waals surface area contributed by atoms with Crippen LogP contribution < -0.4 is 0 Å². The maximum absolute atomic E-state index is 12.0. The highest BCUT2D eigenvalue weighted by Crippen LogP contribution is 2.66. The van der Waals surface area contributed by atoms with E-state index in [4.69, 9.17) is 4.74 Å². The standard InChI is InChI=1S/C22H33BrO4/c1-4-18(26)27-20-16(23)11-15-19-14(6-8-22(15,20)3)21(2)7-5-13(24)9-12(21)10-17(19)25/h10,13-17,19-20,24-25H,4-9,11H2,1-3H3/t13-,14-,15-,16+,17-,19+,20-,21-,22-/m0/s1. The predicted molar refractivity (Wildman–Crippen MR) is 107 cm³/mol. The van der Waals surface area contributed by atoms with E-state index in [9.17, 15) is 15.0 Å². The number of esters is 1. The molecule has 0 aromatic carbocycles. The highest BCUT2D eigenvalue weighted by atomic mass is 79.9. The molecule has 4 rings (SSSR count). The quantitative estimate of drug-likeness (QED) is 0.387. The maximum Gasteiger partial charge on any atom is 0.305 e. The first-order valence-corrected chi connectivity index (χ1v) is 11.5. The fourth-order valence-corrected chi connectivity index (χ4v) is 8.11. The summed E-state index contributed by atoms with van der Waals surface area (Å²) < 4.78 is 5.89. The third-order valence-electron chi connectivity index (χ3n) is 8.55. The zero-order chi connectivity index (χ0) is 19.6. The number of ether oxygens (including phenoxy) is 1. The third-order valence-corrected chi connectivity index (χ3v) is 9.40. The number of hydrogen-bond donors (Lipinski definition) is 2. The molecule has 4 aliphatic rings. The number of rotatable bonds is 2. The van der Waals surface area contributed by atoms with E-state index in [1.54, 1.807) is 0 Å². The Morgan fingerprint density at radius 2 is 2.00 bits per heavy atom. The van der Waals surface area contributed by atoms with Gasteiger partial charge in [-0.3, -0.25) is 4.79 Å². The molecule has 5 heteroatoms. The smallest absolute Gasteiger partial charge is 0.305 e. The van der Waals surface area contributed by atoms with Gasteiger partial charge in [-0.05, 0) is 61.7 Å². The van der Waals surface area contributed by atoms with Crippen LogP contribution in [0.2, 0.25) is 0 Å². The molecule has 0 aliphatic heterocycles. The molecular formula is C22H33BrO4. The van der Waals surface area contributed by atoms with Gasteiger partial charge in [-0.1, -0.05) is 48.4 Å². The van der Waals surface area contributed by atoms with Gasteiger partial charge in [0, 0.05) is 11.8 Å². The SMILES string of the molecule is CCC(=O)O[C@H]1[C@H](Br)C[C@H]2[C@@H]3[C@@H](O)C=C4C[C@@H](O)CC[C@]4(C)[C@H]3CC[C@@]21C. The van der Waals surface area contributed by atoms with E-state index in [1.807, 2.05) is 6.92 Å². The van der Waals surface area contributed by atoms with Gasteiger partial charge < -0.3 is 14.9 Å². The van der Waals surface area contributed by atoms with E-state index in [0.717, 1.165) is 32.1 Å². The van der Waals surface area contributed by atoms with Gasteiger partial charge in [0.05, 0.1) is 17.0 Å². The molecule has 2 N–H and O–H groups in total. The lowest BCUT2D eigenvalue weighted by atomic mass is 9.47. The first-order valence-electron chi connectivity index (χ1n) is 10.6. The highest BCUT2D eigenvalue weighted by Gasteiger charge is 2.63. The highest BCUT2D eigenvalue weighted by molar-refractivity contribution is 9.09. The summed E-state index contributed by atoms with van der Waals surface area (Å²) in [6, 6.07) is 0. The molecule has 0 saturated heterocycles. The number of hydrogen-bond acceptors (Lipinski definition) is 4. The van der Waals surface area contributed by atoms with Crippen LogP contribution >= 0.6 is 15.9 Å². The minimum Gasteiger partial charge on any atom is -0.461 e. The molecular weight excluding hydrogens is 408 g/mol. The van der Waals surface area contributed by atoms with Crippen LogP contribution in [0.5, 0.6) is 0 Å². The minimum absolute atomic E-state index is 0.0863. The minimum atomic E-state index is -0.465. The lowest BCUT2D eigenvalue weighted by Gasteiger charge is -2.58. The first kappa shape index (κ1) is 19.9. The van der Waals surface area contributed by atoms with Crippen molar-refractivity contribution in [3.8, 4) is 0 Å². The molecule has 27 heavy (non-hydrogen) atoms. The van der Waals surface area contributed by atoms with E-state index in [1.165, 1.54) is 5.57 Å². The van der Waals surface area contributed by atoms with Crippen molar-refractivity contribution in [1.82, 2.24) is 0 Å². The van der Waals surface area contributed by atoms with Crippen LogP contribution in [0.3, 0.4) is 0 Å². The average molecular weight is 441 g/mol. The average Bonchev–Trinajstić information content (AvgIpc) is 2.87. The number of alkyl halides is 1. The van der Waals surface area contributed by atoms with Crippen LogP contribution in [-0.4, -0.2) is 39.3 Å². The monoisotopic (exact) mass is 440 g/mol. The summed E-state index contributed by atoms with van der Waals surface area (Å²) in [5.74, 6) is 0.858. The van der Waals surface area contributed by atoms with Crippen LogP contribution in [0.15, 0.2) is 11.6 Å². The molecule has 0 aromatic rings. The molecule has 0 spiro atoms. The van der Waals surface area contributed by atoms with Gasteiger partial charge in [0.15, 0.2) is 0 Å². The Labute approximate surface area is 170 Å². The molecule has 0 aromatic heterocycles. The molecule has 9 atom stereocenters. The van der Waals surface area contributed by atoms with Gasteiger partial charge >= 0.3 is 5.97 Å². The molecule has 0 amide bonds. The van der Waals surface area contributed by atoms with Gasteiger partial charge in [-0.15, -0.1) is 0 Å². The topological polar surface area (TPSA) is 66.8 Å². The van der Waals surface area contributed by atoms with Crippen LogP contribution in [0.1, 0.15) is 65.7 Å². The number of carbonyl (C=O) groups excluding carboxylic acids is 1. The normalized spacial score (nSPS) is 51.6. The second-order valence-electron chi connectivity index (χ2n) is 9.85. The molecule has 0 unspecified atom stereocenters. The summed E-state index contributed by atoms with van der Waals surface area (Å²) in [6.45, 7) is 6.46. The molecule has 4 nitrogen and oxygen atoms in total. The molecule has 3 saturated carbocycles. The molecule has 3 fully saturated rings. The fraction of sp³-hybridized carbons (Fsp3) is 0.864. The third kappa shape index (κ3) is 2.95. The van der Waals surface area contributed by atoms with Crippen LogP contribution in [-0.2, 0) is 9.53 Å². The Kier molecular flexibility index (Phi) is 5.04. The Bertz CT molecular complexity index is 648. The summed E-state index contributed by atoms with van der Waals surface area (Å²) >= 11 is 3.81. The second-order valence-corrected chi connectivity index (χ2v) is 11.0. The Morgan fingerprint density at radius 1 is 1.26 bits per heavy atom. The number of carbonyl (C=O) groups is 1. The number of halogens is 1. The molecule has 152 valence electrons. The number of aliphatic hydroxyl groups excluding tert-OH is 2. The van der Waals surface area contributed by atoms with Gasteiger partial charge in [-0.25, -0.2) is 0 Å². The van der Waals surface area contributed by atoms with E-state index in [0.29, 0.717) is 24.7 Å². The van der Waals surface area contributed by atoms with Crippen molar-refractivity contribution in [2.45, 2.75) is 88.9 Å². The van der Waals surface area contributed by atoms with Crippen molar-refractivity contribution in [3.05, 3.63) is 11.6 Å². The van der Waals surface area contributed by atoms with E-state index < -0.39 is 6.10 Å². The lowest BCUT2D eigenvalue weighted by molar-refractivity contribution is -0.161. The van der Waals surface area contributed by atoms with E-state index in [2.05, 4.69) is 35.9 Å². The van der Waals surface area contributed by atoms with Crippen molar-refractivity contribution in [1.29, 1.82) is 0 Å². The Hall–Kier alpha value is -0.390. The van der Waals surface area contributed by atoms with Crippen molar-refractivity contribution >= 4 is 21.9 Å². The van der Waals surface area contributed by atoms with Crippen molar-refractivity contribution in [3.63, 3.8) is 0 Å². The lowest BCUT2D eigenvalue weighted by Crippen LogP contribution is -2.55. The zero-order valence-corrected chi connectivity index (χ0v) is 18.2. The zero-order valence-electron chi connectivity index (χ0n) is 16.7. The summed E-state index contributed by atoms with van der Waals surface area (Å²) in [7, 11) is 0. The van der Waals surface area contributed by atoms with Crippen LogP contribution in [0.25, 0.3) is 0 Å². The summed E-state index contributed by atoms with van der Waals surface area (Å²) in [4.78, 5) is 12.2. The summed E-state index contributed by atoms with van der Waals surface area (Å²) in [5.41, 5.74) is 1.27. The largest absolute Gasteiger partial charge is 0.461 e. The predicted octanol–water partition coefficient (Wildman–Crippen LogP) is 3.98. The van der Waals surface area contributed by atoms with Crippen LogP contribution in [0, 0.1) is 28.6 Å². The molecule has 0 bridgehead atoms. The molecule has 0 heterocycles. The Morgan fingerprint density at radius 3 is 2.70 bits per heavy atom. The number of aliphatic hydroxyl groups is 2. The van der Waals surface area contributed by atoms with E-state index >= 15 is 0 Å². The van der Waals surface area contributed by atoms with Gasteiger partial charge in [0.2, 0.25) is 0 Å². The van der Waals surface area contributed by atoms with Crippen molar-refractivity contribution in [2.24, 2.45) is 28.6 Å². The molecule has 4 aliphatic carbocycles. The van der Waals surface area contributed by atoms with Gasteiger partial charge in [-0.2, -0.15) is 0 Å². The summed E-state index contributed by atoms with van der Waals surface area (Å²) in [5, 5.41) is 21.3. The second kappa shape index (κ2) is 6.84. The Balaban J connectivity index is 1.67. The van der Waals surface area contributed by atoms with Crippen LogP contribution in [0.4, 0.5) is 0 Å². The maximum atomic E-state index is 12.0. The van der Waals surface area contributed by atoms with Gasteiger partial charge in [0.25, 0.3) is 0 Å². The van der Waals surface area contributed by atoms with E-state index in [-0.39, 0.29) is 39.8 Å².